The van der Waals surface area contributed by atoms with Gasteiger partial charge in [-0.05, 0) is 62.7 Å². The highest BCUT2D eigenvalue weighted by Crippen LogP contribution is 2.29. The van der Waals surface area contributed by atoms with Crippen LogP contribution in [0, 0.1) is 11.3 Å². The van der Waals surface area contributed by atoms with Crippen molar-refractivity contribution in [3.8, 4) is 22.9 Å². The Kier molecular flexibility index (Phi) is 7.16. The first-order chi connectivity index (χ1) is 15.6. The minimum atomic E-state index is -3.72. The molecule has 0 aliphatic carbocycles. The second kappa shape index (κ2) is 9.86. The Labute approximate surface area is 194 Å². The quantitative estimate of drug-likeness (QED) is 0.542. The molecular weight excluding hydrogens is 438 g/mol. The topological polar surface area (TPSA) is 108 Å². The van der Waals surface area contributed by atoms with Gasteiger partial charge < -0.3 is 10.1 Å². The minimum Gasteiger partial charge on any atom is -0.484 e. The van der Waals surface area contributed by atoms with E-state index in [0.717, 1.165) is 0 Å². The fourth-order valence-corrected chi connectivity index (χ4v) is 4.78. The van der Waals surface area contributed by atoms with Crippen molar-refractivity contribution in [2.45, 2.75) is 31.2 Å². The number of nitrogens with zero attached hydrogens (tertiary/aromatic N) is 1. The lowest BCUT2D eigenvalue weighted by Crippen LogP contribution is -2.40. The summed E-state index contributed by atoms with van der Waals surface area (Å²) in [6.45, 7) is 5.15. The van der Waals surface area contributed by atoms with Gasteiger partial charge in [-0.25, -0.2) is 13.1 Å². The third-order valence-electron chi connectivity index (χ3n) is 4.43. The summed E-state index contributed by atoms with van der Waals surface area (Å²) in [6, 6.07) is 22.2. The maximum Gasteiger partial charge on any atom is 0.262 e. The van der Waals surface area contributed by atoms with Crippen LogP contribution in [0.4, 0.5) is 5.69 Å². The number of nitrogens with one attached hydrogen (secondary N) is 2. The van der Waals surface area contributed by atoms with Gasteiger partial charge in [0.2, 0.25) is 10.0 Å². The molecule has 0 aliphatic rings. The molecule has 0 saturated heterocycles. The van der Waals surface area contributed by atoms with Gasteiger partial charge in [-0.1, -0.05) is 36.4 Å². The smallest absolute Gasteiger partial charge is 0.262 e. The fourth-order valence-electron chi connectivity index (χ4n) is 3.13. The van der Waals surface area contributed by atoms with Crippen molar-refractivity contribution < 1.29 is 17.9 Å². The van der Waals surface area contributed by atoms with Crippen molar-refractivity contribution in [3.63, 3.8) is 0 Å². The number of amides is 1. The highest BCUT2D eigenvalue weighted by molar-refractivity contribution is 7.89. The van der Waals surface area contributed by atoms with E-state index in [2.05, 4.69) is 10.0 Å². The number of carbonyl (C=O) groups excluding carboxylic acids is 1. The van der Waals surface area contributed by atoms with Crippen LogP contribution in [0.1, 0.15) is 26.3 Å². The number of rotatable bonds is 7. The largest absolute Gasteiger partial charge is 0.484 e. The zero-order valence-electron chi connectivity index (χ0n) is 18.6. The van der Waals surface area contributed by atoms with Crippen molar-refractivity contribution in [2.24, 2.45) is 0 Å². The summed E-state index contributed by atoms with van der Waals surface area (Å²) >= 11 is 0. The van der Waals surface area contributed by atoms with Crippen molar-refractivity contribution >= 4 is 21.6 Å². The van der Waals surface area contributed by atoms with Crippen molar-refractivity contribution in [2.75, 3.05) is 11.9 Å². The third-order valence-corrected chi connectivity index (χ3v) is 6.25. The highest BCUT2D eigenvalue weighted by Gasteiger charge is 2.24. The first-order valence-electron chi connectivity index (χ1n) is 10.2. The number of benzene rings is 3. The van der Waals surface area contributed by atoms with E-state index in [-0.39, 0.29) is 17.4 Å². The van der Waals surface area contributed by atoms with Crippen LogP contribution in [0.2, 0.25) is 0 Å². The zero-order chi connectivity index (χ0) is 24.1. The van der Waals surface area contributed by atoms with Crippen LogP contribution in [0.15, 0.2) is 77.7 Å². The van der Waals surface area contributed by atoms with Gasteiger partial charge in [-0.15, -0.1) is 0 Å². The van der Waals surface area contributed by atoms with Crippen LogP contribution in [0.25, 0.3) is 11.1 Å². The van der Waals surface area contributed by atoms with Gasteiger partial charge in [0.25, 0.3) is 5.91 Å². The van der Waals surface area contributed by atoms with E-state index in [1.165, 1.54) is 0 Å². The van der Waals surface area contributed by atoms with Crippen molar-refractivity contribution in [1.82, 2.24) is 4.72 Å². The zero-order valence-corrected chi connectivity index (χ0v) is 19.4. The van der Waals surface area contributed by atoms with Gasteiger partial charge >= 0.3 is 0 Å². The molecule has 0 aliphatic heterocycles. The molecule has 33 heavy (non-hydrogen) atoms. The van der Waals surface area contributed by atoms with E-state index in [1.807, 2.05) is 6.07 Å². The lowest BCUT2D eigenvalue weighted by Gasteiger charge is -2.21. The maximum atomic E-state index is 12.9. The van der Waals surface area contributed by atoms with E-state index in [0.29, 0.717) is 28.1 Å². The maximum absolute atomic E-state index is 12.9. The molecule has 3 aromatic carbocycles. The average Bonchev–Trinajstić information content (AvgIpc) is 2.77. The van der Waals surface area contributed by atoms with Crippen LogP contribution in [-0.4, -0.2) is 26.5 Å². The molecular formula is C25H25N3O4S. The van der Waals surface area contributed by atoms with E-state index >= 15 is 0 Å². The third kappa shape index (κ3) is 6.65. The molecule has 3 rings (SSSR count). The first kappa shape index (κ1) is 24.0. The number of hydrogen-bond acceptors (Lipinski definition) is 5. The summed E-state index contributed by atoms with van der Waals surface area (Å²) in [7, 11) is -3.72. The normalized spacial score (nSPS) is 11.5. The molecule has 0 radical (unpaired) electrons. The Hall–Kier alpha value is -3.67. The molecule has 3 aromatic rings. The molecule has 0 unspecified atom stereocenters. The van der Waals surface area contributed by atoms with Crippen molar-refractivity contribution in [1.29, 1.82) is 5.26 Å². The predicted molar refractivity (Wildman–Crippen MR) is 127 cm³/mol. The Morgan fingerprint density at radius 3 is 2.36 bits per heavy atom. The molecule has 1 amide bonds. The summed E-state index contributed by atoms with van der Waals surface area (Å²) in [5, 5.41) is 11.7. The molecule has 0 heterocycles. The lowest BCUT2D eigenvalue weighted by molar-refractivity contribution is -0.118. The molecule has 170 valence electrons. The molecule has 0 atom stereocenters. The number of anilines is 1. The second-order valence-corrected chi connectivity index (χ2v) is 10.1. The SMILES string of the molecule is CC(C)(C)NS(=O)(=O)c1ccccc1-c1ccc(NC(=O)COc2cccc(C#N)c2)cc1. The van der Waals surface area contributed by atoms with E-state index in [4.69, 9.17) is 10.00 Å². The van der Waals surface area contributed by atoms with Crippen LogP contribution >= 0.6 is 0 Å². The lowest BCUT2D eigenvalue weighted by atomic mass is 10.1. The molecule has 0 spiro atoms. The summed E-state index contributed by atoms with van der Waals surface area (Å²) in [5.74, 6) is 0.0729. The number of carbonyl (C=O) groups is 1. The molecule has 0 fully saturated rings. The summed E-state index contributed by atoms with van der Waals surface area (Å²) in [4.78, 5) is 12.4. The summed E-state index contributed by atoms with van der Waals surface area (Å²) < 4.78 is 33.9. The number of sulfonamides is 1. The predicted octanol–water partition coefficient (Wildman–Crippen LogP) is 4.32. The Balaban J connectivity index is 1.71. The van der Waals surface area contributed by atoms with Gasteiger partial charge in [0, 0.05) is 16.8 Å². The molecule has 0 saturated carbocycles. The van der Waals surface area contributed by atoms with Gasteiger partial charge in [0.05, 0.1) is 16.5 Å². The minimum absolute atomic E-state index is 0.185. The summed E-state index contributed by atoms with van der Waals surface area (Å²) in [6.07, 6.45) is 0. The first-order valence-corrected chi connectivity index (χ1v) is 11.7. The van der Waals surface area contributed by atoms with Gasteiger partial charge in [-0.2, -0.15) is 5.26 Å². The van der Waals surface area contributed by atoms with Gasteiger partial charge in [0.1, 0.15) is 5.75 Å². The Morgan fingerprint density at radius 2 is 1.70 bits per heavy atom. The number of ether oxygens (including phenoxy) is 1. The Morgan fingerprint density at radius 1 is 1.00 bits per heavy atom. The van der Waals surface area contributed by atoms with Gasteiger partial charge in [0.15, 0.2) is 6.61 Å². The van der Waals surface area contributed by atoms with E-state index < -0.39 is 15.6 Å². The molecule has 8 heteroatoms. The number of hydrogen-bond donors (Lipinski definition) is 2. The molecule has 2 N–H and O–H groups in total. The van der Waals surface area contributed by atoms with E-state index in [9.17, 15) is 13.2 Å². The Bertz CT molecular complexity index is 1290. The molecule has 7 nitrogen and oxygen atoms in total. The van der Waals surface area contributed by atoms with E-state index in [1.54, 1.807) is 93.6 Å². The van der Waals surface area contributed by atoms with Crippen LogP contribution in [-0.2, 0) is 14.8 Å². The fraction of sp³-hybridized carbons (Fsp3) is 0.200. The van der Waals surface area contributed by atoms with Gasteiger partial charge in [-0.3, -0.25) is 4.79 Å². The second-order valence-electron chi connectivity index (χ2n) is 8.41. The summed E-state index contributed by atoms with van der Waals surface area (Å²) in [5.41, 5.74) is 1.65. The molecule has 0 bridgehead atoms. The average molecular weight is 464 g/mol. The highest BCUT2D eigenvalue weighted by atomic mass is 32.2. The number of nitriles is 1. The van der Waals surface area contributed by atoms with Crippen molar-refractivity contribution in [3.05, 3.63) is 78.4 Å². The van der Waals surface area contributed by atoms with Crippen LogP contribution < -0.4 is 14.8 Å². The monoisotopic (exact) mass is 463 g/mol. The molecule has 0 aromatic heterocycles. The van der Waals surface area contributed by atoms with Crippen LogP contribution in [0.3, 0.4) is 0 Å². The standard InChI is InChI=1S/C25H25N3O4S/c1-25(2,3)28-33(30,31)23-10-5-4-9-22(23)19-11-13-20(14-12-19)27-24(29)17-32-21-8-6-7-18(15-21)16-26/h4-15,28H,17H2,1-3H3,(H,27,29). The van der Waals surface area contributed by atoms with Crippen LogP contribution in [0.5, 0.6) is 5.75 Å².